The molecule has 0 saturated heterocycles. The fraction of sp³-hybridized carbons (Fsp3) is 0.318. The number of halogens is 6. The van der Waals surface area contributed by atoms with Crippen molar-refractivity contribution < 1.29 is 26.3 Å². The van der Waals surface area contributed by atoms with Crippen LogP contribution in [0.25, 0.3) is 11.5 Å². The van der Waals surface area contributed by atoms with Gasteiger partial charge < -0.3 is 4.90 Å². The maximum absolute atomic E-state index is 13.6. The number of aryl methyl sites for hydroxylation is 1. The van der Waals surface area contributed by atoms with E-state index in [1.54, 1.807) is 37.3 Å². The summed E-state index contributed by atoms with van der Waals surface area (Å²) in [6, 6.07) is 9.78. The molecule has 0 fully saturated rings. The van der Waals surface area contributed by atoms with Crippen molar-refractivity contribution in [2.24, 2.45) is 10.1 Å². The number of alkyl halides is 6. The van der Waals surface area contributed by atoms with E-state index in [1.807, 2.05) is 18.7 Å². The summed E-state index contributed by atoms with van der Waals surface area (Å²) < 4.78 is 81.3. The van der Waals surface area contributed by atoms with Gasteiger partial charge in [0.1, 0.15) is 5.69 Å². The summed E-state index contributed by atoms with van der Waals surface area (Å²) in [5.41, 5.74) is 1.08. The molecule has 0 bridgehead atoms. The van der Waals surface area contributed by atoms with Gasteiger partial charge in [-0.25, -0.2) is 9.98 Å². The Bertz CT molecular complexity index is 1290. The van der Waals surface area contributed by atoms with Crippen molar-refractivity contribution in [1.82, 2.24) is 24.8 Å². The van der Waals surface area contributed by atoms with Crippen LogP contribution in [0.4, 0.5) is 37.7 Å². The molecule has 1 aliphatic rings. The molecular formula is C22H20F6N8. The summed E-state index contributed by atoms with van der Waals surface area (Å²) >= 11 is 0. The van der Waals surface area contributed by atoms with Gasteiger partial charge in [-0.2, -0.15) is 4.90 Å². The Morgan fingerprint density at radius 2 is 1.67 bits per heavy atom. The zero-order valence-electron chi connectivity index (χ0n) is 19.3. The first-order chi connectivity index (χ1) is 16.9. The topological polar surface area (TPSA) is 74.8 Å². The van der Waals surface area contributed by atoms with E-state index in [9.17, 15) is 26.3 Å². The van der Waals surface area contributed by atoms with Gasteiger partial charge in [-0.15, -0.1) is 41.3 Å². The van der Waals surface area contributed by atoms with Crippen LogP contribution in [0.15, 0.2) is 52.7 Å². The van der Waals surface area contributed by atoms with Gasteiger partial charge in [0.15, 0.2) is 11.5 Å². The van der Waals surface area contributed by atoms with E-state index in [0.717, 1.165) is 5.69 Å². The molecule has 0 unspecified atom stereocenters. The molecule has 0 atom stereocenters. The van der Waals surface area contributed by atoms with Crippen molar-refractivity contribution in [3.05, 3.63) is 54.0 Å². The number of anilines is 1. The van der Waals surface area contributed by atoms with Gasteiger partial charge in [-0.3, -0.25) is 4.98 Å². The van der Waals surface area contributed by atoms with Crippen molar-refractivity contribution in [2.75, 3.05) is 18.0 Å². The van der Waals surface area contributed by atoms with Gasteiger partial charge in [-0.05, 0) is 56.7 Å². The zero-order valence-corrected chi connectivity index (χ0v) is 19.3. The van der Waals surface area contributed by atoms with Crippen LogP contribution in [0, 0.1) is 6.92 Å². The lowest BCUT2D eigenvalue weighted by Crippen LogP contribution is -2.53. The molecule has 0 spiro atoms. The second kappa shape index (κ2) is 9.24. The lowest BCUT2D eigenvalue weighted by molar-refractivity contribution is -0.342. The molecular weight excluding hydrogens is 490 g/mol. The molecule has 3 aromatic rings. The molecule has 0 N–H and O–H groups in total. The highest BCUT2D eigenvalue weighted by Gasteiger charge is 2.58. The van der Waals surface area contributed by atoms with Crippen LogP contribution < -0.4 is 4.90 Å². The second-order valence-electron chi connectivity index (χ2n) is 7.66. The van der Waals surface area contributed by atoms with Gasteiger partial charge >= 0.3 is 12.6 Å². The van der Waals surface area contributed by atoms with Crippen LogP contribution >= 0.6 is 0 Å². The Balaban J connectivity index is 1.88. The molecule has 190 valence electrons. The van der Waals surface area contributed by atoms with Crippen LogP contribution in [0.3, 0.4) is 0 Å². The average Bonchev–Trinajstić information content (AvgIpc) is 3.34. The summed E-state index contributed by atoms with van der Waals surface area (Å²) in [6.07, 6.45) is -10.2. The quantitative estimate of drug-likeness (QED) is 0.351. The van der Waals surface area contributed by atoms with E-state index >= 15 is 0 Å². The minimum Gasteiger partial charge on any atom is -0.372 e. The number of aromatic nitrogens is 4. The molecule has 1 aliphatic heterocycles. The monoisotopic (exact) mass is 510 g/mol. The number of nitrogens with zero attached hydrogens (tertiary/aromatic N) is 8. The summed E-state index contributed by atoms with van der Waals surface area (Å²) in [5.74, 6) is -1.89. The van der Waals surface area contributed by atoms with Gasteiger partial charge in [0.2, 0.25) is 11.6 Å². The van der Waals surface area contributed by atoms with Crippen molar-refractivity contribution in [3.8, 4) is 11.5 Å². The Hall–Kier alpha value is -3.97. The number of amidine groups is 1. The summed E-state index contributed by atoms with van der Waals surface area (Å²) in [7, 11) is 0. The molecule has 14 heteroatoms. The maximum Gasteiger partial charge on any atom is 0.493 e. The molecule has 1 aromatic carbocycles. The van der Waals surface area contributed by atoms with Crippen molar-refractivity contribution in [2.45, 2.75) is 33.4 Å². The van der Waals surface area contributed by atoms with Gasteiger partial charge in [-0.1, -0.05) is 6.07 Å². The molecule has 0 radical (unpaired) electrons. The Kier molecular flexibility index (Phi) is 6.45. The van der Waals surface area contributed by atoms with E-state index < -0.39 is 29.0 Å². The lowest BCUT2D eigenvalue weighted by Gasteiger charge is -2.27. The predicted octanol–water partition coefficient (Wildman–Crippen LogP) is 5.13. The first-order valence-corrected chi connectivity index (χ1v) is 10.8. The zero-order chi connectivity index (χ0) is 26.3. The first kappa shape index (κ1) is 25.1. The summed E-state index contributed by atoms with van der Waals surface area (Å²) in [6.45, 7) is 7.01. The molecule has 4 rings (SSSR count). The predicted molar refractivity (Wildman–Crippen MR) is 121 cm³/mol. The Morgan fingerprint density at radius 3 is 2.22 bits per heavy atom. The van der Waals surface area contributed by atoms with E-state index in [2.05, 4.69) is 25.2 Å². The highest BCUT2D eigenvalue weighted by Crippen LogP contribution is 2.37. The maximum atomic E-state index is 13.6. The van der Waals surface area contributed by atoms with E-state index in [0.29, 0.717) is 23.4 Å². The molecule has 0 aliphatic carbocycles. The standard InChI is InChI=1S/C22H20F6N8/c1-4-34(5-2)14-9-10-15(13(3)12-14)30-17-19-31-18(16-8-6-7-11-29-16)32-36(19)33-20(17)35(21(23,24)25)22(26,27)28/h6-12H,4-5H2,1-3H3/b30-17+. The number of fused-ring (bicyclic) bond motifs is 1. The second-order valence-corrected chi connectivity index (χ2v) is 7.66. The number of aliphatic imine (C=N–C) groups is 1. The number of pyridine rings is 1. The minimum absolute atomic E-state index is 0.0275. The summed E-state index contributed by atoms with van der Waals surface area (Å²) in [4.78, 5) is 13.3. The molecule has 0 amide bonds. The van der Waals surface area contributed by atoms with Crippen molar-refractivity contribution in [3.63, 3.8) is 0 Å². The third-order valence-electron chi connectivity index (χ3n) is 5.36. The highest BCUT2D eigenvalue weighted by molar-refractivity contribution is 6.48. The average molecular weight is 510 g/mol. The normalized spacial score (nSPS) is 14.7. The number of hydrogen-bond acceptors (Lipinski definition) is 7. The third-order valence-corrected chi connectivity index (χ3v) is 5.36. The van der Waals surface area contributed by atoms with Gasteiger partial charge in [0, 0.05) is 25.0 Å². The molecule has 36 heavy (non-hydrogen) atoms. The van der Waals surface area contributed by atoms with E-state index in [-0.39, 0.29) is 23.0 Å². The smallest absolute Gasteiger partial charge is 0.372 e. The van der Waals surface area contributed by atoms with Crippen LogP contribution in [0.5, 0.6) is 0 Å². The van der Waals surface area contributed by atoms with Crippen molar-refractivity contribution in [1.29, 1.82) is 0 Å². The van der Waals surface area contributed by atoms with Crippen LogP contribution in [0.2, 0.25) is 0 Å². The summed E-state index contributed by atoms with van der Waals surface area (Å²) in [5, 5.41) is 7.43. The molecule has 2 aromatic heterocycles. The molecule has 8 nitrogen and oxygen atoms in total. The largest absolute Gasteiger partial charge is 0.493 e. The fourth-order valence-electron chi connectivity index (χ4n) is 3.67. The first-order valence-electron chi connectivity index (χ1n) is 10.8. The van der Waals surface area contributed by atoms with Crippen molar-refractivity contribution >= 4 is 22.9 Å². The van der Waals surface area contributed by atoms with Crippen LogP contribution in [0.1, 0.15) is 25.2 Å². The lowest BCUT2D eigenvalue weighted by atomic mass is 10.1. The number of benzene rings is 1. The number of hydrogen-bond donors (Lipinski definition) is 0. The number of rotatable bonds is 5. The molecule has 3 heterocycles. The van der Waals surface area contributed by atoms with Crippen LogP contribution in [-0.4, -0.2) is 62.0 Å². The highest BCUT2D eigenvalue weighted by atomic mass is 19.4. The van der Waals surface area contributed by atoms with Gasteiger partial charge in [0.25, 0.3) is 0 Å². The SMILES string of the molecule is CCN(CC)c1ccc(/N=C2/C(N(C(F)(F)F)C(F)(F)F)=Nn3nc(-c4ccccn4)nc32)c(C)c1. The van der Waals surface area contributed by atoms with Gasteiger partial charge in [0.05, 0.1) is 5.69 Å². The van der Waals surface area contributed by atoms with E-state index in [4.69, 9.17) is 0 Å². The minimum atomic E-state index is -5.83. The Labute approximate surface area is 201 Å². The Morgan fingerprint density at radius 1 is 0.972 bits per heavy atom. The van der Waals surface area contributed by atoms with E-state index in [1.165, 1.54) is 12.3 Å². The van der Waals surface area contributed by atoms with Crippen LogP contribution in [-0.2, 0) is 0 Å². The molecule has 0 saturated carbocycles. The third kappa shape index (κ3) is 4.75. The fourth-order valence-corrected chi connectivity index (χ4v) is 3.67.